The Balaban J connectivity index is 1.53. The van der Waals surface area contributed by atoms with Gasteiger partial charge in [0.05, 0.1) is 33.3 Å². The molecule has 41 heavy (non-hydrogen) atoms. The minimum atomic E-state index is -0.329. The molecule has 11 heteroatoms. The Morgan fingerprint density at radius 3 is 2.17 bits per heavy atom. The topological polar surface area (TPSA) is 120 Å². The number of hydrogen-bond donors (Lipinski definition) is 2. The number of phenolic OH excluding ortho intramolecular Hbond substituents is 1. The number of benzene rings is 3. The van der Waals surface area contributed by atoms with Gasteiger partial charge < -0.3 is 19.3 Å². The molecule has 0 atom stereocenters. The molecule has 0 radical (unpaired) electrons. The number of hydrazone groups is 1. The Morgan fingerprint density at radius 1 is 0.976 bits per heavy atom. The number of nitrogens with zero attached hydrogens (tertiary/aromatic N) is 4. The van der Waals surface area contributed by atoms with E-state index in [1.54, 1.807) is 19.2 Å². The molecular weight excluding hydrogens is 542 g/mol. The van der Waals surface area contributed by atoms with Crippen LogP contribution in [0.25, 0.3) is 17.1 Å². The summed E-state index contributed by atoms with van der Waals surface area (Å²) >= 11 is 1.24. The van der Waals surface area contributed by atoms with E-state index in [0.29, 0.717) is 16.5 Å². The Labute approximate surface area is 243 Å². The zero-order chi connectivity index (χ0) is 29.6. The average molecular weight is 576 g/mol. The Bertz CT molecular complexity index is 1500. The van der Waals surface area contributed by atoms with Gasteiger partial charge in [0, 0.05) is 16.8 Å². The first-order chi connectivity index (χ1) is 19.6. The first-order valence-corrected chi connectivity index (χ1v) is 13.7. The minimum Gasteiger partial charge on any atom is -0.502 e. The molecule has 0 aliphatic heterocycles. The van der Waals surface area contributed by atoms with Crippen molar-refractivity contribution in [2.24, 2.45) is 5.10 Å². The highest BCUT2D eigenvalue weighted by Gasteiger charge is 2.19. The first kappa shape index (κ1) is 29.5. The van der Waals surface area contributed by atoms with Crippen molar-refractivity contribution in [1.82, 2.24) is 20.2 Å². The van der Waals surface area contributed by atoms with Crippen LogP contribution in [0.4, 0.5) is 0 Å². The van der Waals surface area contributed by atoms with Crippen molar-refractivity contribution < 1.29 is 24.1 Å². The van der Waals surface area contributed by atoms with Crippen LogP contribution in [0, 0.1) is 0 Å². The van der Waals surface area contributed by atoms with Gasteiger partial charge in [-0.25, -0.2) is 5.43 Å². The van der Waals surface area contributed by atoms with Crippen LogP contribution in [-0.2, 0) is 10.2 Å². The van der Waals surface area contributed by atoms with Crippen LogP contribution < -0.4 is 19.6 Å². The Morgan fingerprint density at radius 2 is 1.61 bits per heavy atom. The number of carbonyl (C=O) groups is 1. The molecule has 0 unspecified atom stereocenters. The lowest BCUT2D eigenvalue weighted by Gasteiger charge is -2.19. The molecular formula is C30H33N5O5S. The van der Waals surface area contributed by atoms with Crippen molar-refractivity contribution in [3.05, 3.63) is 71.8 Å². The number of amides is 1. The number of methoxy groups -OCH3 is 3. The van der Waals surface area contributed by atoms with Crippen molar-refractivity contribution in [3.8, 4) is 40.1 Å². The molecule has 0 saturated carbocycles. The van der Waals surface area contributed by atoms with Crippen LogP contribution in [-0.4, -0.2) is 59.1 Å². The Hall–Kier alpha value is -4.51. The third kappa shape index (κ3) is 6.98. The molecule has 0 fully saturated rings. The largest absolute Gasteiger partial charge is 0.502 e. The lowest BCUT2D eigenvalue weighted by molar-refractivity contribution is -0.118. The fourth-order valence-corrected chi connectivity index (χ4v) is 4.71. The van der Waals surface area contributed by atoms with E-state index in [1.165, 1.54) is 37.8 Å². The van der Waals surface area contributed by atoms with E-state index < -0.39 is 0 Å². The van der Waals surface area contributed by atoms with E-state index in [0.717, 1.165) is 17.0 Å². The van der Waals surface area contributed by atoms with Gasteiger partial charge in [0.1, 0.15) is 5.75 Å². The van der Waals surface area contributed by atoms with Gasteiger partial charge >= 0.3 is 0 Å². The van der Waals surface area contributed by atoms with E-state index in [-0.39, 0.29) is 34.3 Å². The molecule has 214 valence electrons. The zero-order valence-corrected chi connectivity index (χ0v) is 24.7. The molecule has 1 aromatic heterocycles. The molecule has 3 aromatic carbocycles. The van der Waals surface area contributed by atoms with Gasteiger partial charge in [-0.3, -0.25) is 9.36 Å². The summed E-state index contributed by atoms with van der Waals surface area (Å²) in [5.74, 6) is 1.46. The predicted octanol–water partition coefficient (Wildman–Crippen LogP) is 5.21. The maximum absolute atomic E-state index is 12.6. The number of ether oxygens (including phenoxy) is 3. The second kappa shape index (κ2) is 12.8. The second-order valence-corrected chi connectivity index (χ2v) is 11.0. The summed E-state index contributed by atoms with van der Waals surface area (Å²) in [5, 5.41) is 23.5. The number of thioether (sulfide) groups is 1. The average Bonchev–Trinajstić information content (AvgIpc) is 3.40. The van der Waals surface area contributed by atoms with Gasteiger partial charge in [-0.1, -0.05) is 56.8 Å². The highest BCUT2D eigenvalue weighted by atomic mass is 32.2. The smallest absolute Gasteiger partial charge is 0.250 e. The monoisotopic (exact) mass is 575 g/mol. The quantitative estimate of drug-likeness (QED) is 0.150. The van der Waals surface area contributed by atoms with Gasteiger partial charge in [-0.15, -0.1) is 10.2 Å². The van der Waals surface area contributed by atoms with Crippen LogP contribution in [0.15, 0.2) is 70.9 Å². The van der Waals surface area contributed by atoms with E-state index in [4.69, 9.17) is 14.2 Å². The Kier molecular flexibility index (Phi) is 9.18. The van der Waals surface area contributed by atoms with Gasteiger partial charge in [0.25, 0.3) is 5.91 Å². The molecule has 0 saturated heterocycles. The number of phenols is 1. The van der Waals surface area contributed by atoms with Crippen LogP contribution in [0.3, 0.4) is 0 Å². The van der Waals surface area contributed by atoms with Crippen LogP contribution in [0.1, 0.15) is 31.9 Å². The maximum Gasteiger partial charge on any atom is 0.250 e. The number of rotatable bonds is 10. The molecule has 0 bridgehead atoms. The number of hydrogen-bond acceptors (Lipinski definition) is 9. The van der Waals surface area contributed by atoms with Crippen molar-refractivity contribution >= 4 is 23.9 Å². The highest BCUT2D eigenvalue weighted by Crippen LogP contribution is 2.36. The molecule has 1 heterocycles. The van der Waals surface area contributed by atoms with E-state index >= 15 is 0 Å². The van der Waals surface area contributed by atoms with Gasteiger partial charge in [0.2, 0.25) is 5.75 Å². The SMILES string of the molecule is COc1ccc(-n2c(SCC(=O)N/N=C\c3cc(OC)c(O)c(OC)c3)nnc2-c2ccc(C(C)(C)C)cc2)cc1. The second-order valence-electron chi connectivity index (χ2n) is 10.0. The fraction of sp³-hybridized carbons (Fsp3) is 0.267. The maximum atomic E-state index is 12.6. The number of nitrogens with one attached hydrogen (secondary N) is 1. The summed E-state index contributed by atoms with van der Waals surface area (Å²) in [7, 11) is 4.49. The molecule has 4 rings (SSSR count). The van der Waals surface area contributed by atoms with Crippen molar-refractivity contribution in [2.45, 2.75) is 31.3 Å². The molecule has 1 amide bonds. The summed E-state index contributed by atoms with van der Waals surface area (Å²) in [4.78, 5) is 12.6. The standard InChI is InChI=1S/C30H33N5O5S/c1-30(2,3)21-9-7-20(8-10-21)28-33-34-29(35(28)22-11-13-23(38-4)14-12-22)41-18-26(36)32-31-17-19-15-24(39-5)27(37)25(16-19)40-6/h7-17,37H,18H2,1-6H3,(H,32,36)/b31-17-. The molecule has 10 nitrogen and oxygen atoms in total. The van der Waals surface area contributed by atoms with Gasteiger partial charge in [-0.2, -0.15) is 5.10 Å². The van der Waals surface area contributed by atoms with Crippen molar-refractivity contribution in [2.75, 3.05) is 27.1 Å². The summed E-state index contributed by atoms with van der Waals surface area (Å²) < 4.78 is 17.5. The summed E-state index contributed by atoms with van der Waals surface area (Å²) in [6, 6.07) is 19.0. The van der Waals surface area contributed by atoms with E-state index in [9.17, 15) is 9.90 Å². The third-order valence-corrected chi connectivity index (χ3v) is 7.14. The molecule has 0 aliphatic carbocycles. The van der Waals surface area contributed by atoms with E-state index in [1.807, 2.05) is 41.0 Å². The molecule has 0 spiro atoms. The zero-order valence-electron chi connectivity index (χ0n) is 23.8. The van der Waals surface area contributed by atoms with E-state index in [2.05, 4.69) is 53.6 Å². The number of carbonyl (C=O) groups excluding carboxylic acids is 1. The molecule has 2 N–H and O–H groups in total. The van der Waals surface area contributed by atoms with Crippen LogP contribution >= 0.6 is 11.8 Å². The van der Waals surface area contributed by atoms with Crippen molar-refractivity contribution in [1.29, 1.82) is 0 Å². The van der Waals surface area contributed by atoms with Crippen LogP contribution in [0.2, 0.25) is 0 Å². The van der Waals surface area contributed by atoms with Gasteiger partial charge in [0.15, 0.2) is 22.5 Å². The number of aromatic nitrogens is 3. The molecule has 0 aliphatic rings. The summed E-state index contributed by atoms with van der Waals surface area (Å²) in [5.41, 5.74) is 6.07. The molecule has 4 aromatic rings. The number of aromatic hydroxyl groups is 1. The fourth-order valence-electron chi connectivity index (χ4n) is 3.96. The highest BCUT2D eigenvalue weighted by molar-refractivity contribution is 7.99. The summed E-state index contributed by atoms with van der Waals surface area (Å²) in [6.07, 6.45) is 1.44. The normalized spacial score (nSPS) is 11.5. The predicted molar refractivity (Wildman–Crippen MR) is 160 cm³/mol. The minimum absolute atomic E-state index is 0.0272. The third-order valence-electron chi connectivity index (χ3n) is 6.21. The van der Waals surface area contributed by atoms with Crippen LogP contribution in [0.5, 0.6) is 23.0 Å². The lowest BCUT2D eigenvalue weighted by Crippen LogP contribution is -2.20. The van der Waals surface area contributed by atoms with Crippen molar-refractivity contribution in [3.63, 3.8) is 0 Å². The van der Waals surface area contributed by atoms with Gasteiger partial charge in [-0.05, 0) is 47.4 Å². The first-order valence-electron chi connectivity index (χ1n) is 12.7. The lowest BCUT2D eigenvalue weighted by atomic mass is 9.87. The summed E-state index contributed by atoms with van der Waals surface area (Å²) in [6.45, 7) is 6.51.